The van der Waals surface area contributed by atoms with Crippen LogP contribution < -0.4 is 0 Å². The standard InChI is InChI=1S/C19H16O6/c1-24-18(22)16-8-12(3-5-14(16)10-20)7-13-4-6-15(11-21)17(9-13)19(23)25-2/h3-6,8-11H,7H2,1-2H3. The number of hydrogen-bond donors (Lipinski definition) is 0. The Labute approximate surface area is 144 Å². The molecule has 2 rings (SSSR count). The fraction of sp³-hybridized carbons (Fsp3) is 0.158. The van der Waals surface area contributed by atoms with Gasteiger partial charge < -0.3 is 9.47 Å². The summed E-state index contributed by atoms with van der Waals surface area (Å²) in [6, 6.07) is 9.64. The fourth-order valence-electron chi connectivity index (χ4n) is 2.44. The molecule has 0 aromatic heterocycles. The van der Waals surface area contributed by atoms with Crippen molar-refractivity contribution in [1.82, 2.24) is 0 Å². The Morgan fingerprint density at radius 3 is 1.52 bits per heavy atom. The quantitative estimate of drug-likeness (QED) is 0.593. The molecular weight excluding hydrogens is 324 g/mol. The van der Waals surface area contributed by atoms with Gasteiger partial charge in [-0.25, -0.2) is 9.59 Å². The molecule has 25 heavy (non-hydrogen) atoms. The van der Waals surface area contributed by atoms with Gasteiger partial charge in [-0.15, -0.1) is 0 Å². The van der Waals surface area contributed by atoms with Crippen molar-refractivity contribution in [2.24, 2.45) is 0 Å². The van der Waals surface area contributed by atoms with E-state index in [-0.39, 0.29) is 22.3 Å². The first kappa shape index (κ1) is 18.1. The summed E-state index contributed by atoms with van der Waals surface area (Å²) < 4.78 is 9.36. The van der Waals surface area contributed by atoms with Gasteiger partial charge in [-0.1, -0.05) is 24.3 Å². The maximum Gasteiger partial charge on any atom is 0.338 e. The second-order valence-corrected chi connectivity index (χ2v) is 5.24. The molecular formula is C19H16O6. The highest BCUT2D eigenvalue weighted by Gasteiger charge is 2.15. The zero-order chi connectivity index (χ0) is 18.4. The highest BCUT2D eigenvalue weighted by molar-refractivity contribution is 5.99. The minimum atomic E-state index is -0.601. The molecule has 6 nitrogen and oxygen atoms in total. The first-order valence-corrected chi connectivity index (χ1v) is 7.36. The molecule has 0 aliphatic rings. The summed E-state index contributed by atoms with van der Waals surface area (Å²) in [6.07, 6.45) is 1.57. The highest BCUT2D eigenvalue weighted by atomic mass is 16.5. The summed E-state index contributed by atoms with van der Waals surface area (Å²) in [5.41, 5.74) is 2.33. The molecule has 128 valence electrons. The maximum absolute atomic E-state index is 11.8. The number of ether oxygens (including phenoxy) is 2. The zero-order valence-electron chi connectivity index (χ0n) is 13.8. The van der Waals surface area contributed by atoms with Crippen molar-refractivity contribution in [3.8, 4) is 0 Å². The summed E-state index contributed by atoms with van der Waals surface area (Å²) in [4.78, 5) is 45.7. The third-order valence-electron chi connectivity index (χ3n) is 3.71. The molecule has 0 spiro atoms. The molecule has 0 radical (unpaired) electrons. The van der Waals surface area contributed by atoms with Crippen LogP contribution in [0.3, 0.4) is 0 Å². The van der Waals surface area contributed by atoms with Crippen molar-refractivity contribution in [2.45, 2.75) is 6.42 Å². The summed E-state index contributed by atoms with van der Waals surface area (Å²) in [5.74, 6) is -1.20. The van der Waals surface area contributed by atoms with E-state index in [1.807, 2.05) is 0 Å². The topological polar surface area (TPSA) is 86.7 Å². The Kier molecular flexibility index (Phi) is 5.79. The largest absolute Gasteiger partial charge is 0.465 e. The van der Waals surface area contributed by atoms with Crippen molar-refractivity contribution in [3.63, 3.8) is 0 Å². The first-order chi connectivity index (χ1) is 12.0. The van der Waals surface area contributed by atoms with Crippen LogP contribution in [0.5, 0.6) is 0 Å². The average molecular weight is 340 g/mol. The Morgan fingerprint density at radius 2 is 1.20 bits per heavy atom. The Hall–Kier alpha value is -3.28. The highest BCUT2D eigenvalue weighted by Crippen LogP contribution is 2.18. The lowest BCUT2D eigenvalue weighted by Gasteiger charge is -2.09. The average Bonchev–Trinajstić information content (AvgIpc) is 2.66. The predicted molar refractivity (Wildman–Crippen MR) is 89.1 cm³/mol. The van der Waals surface area contributed by atoms with Gasteiger partial charge in [-0.05, 0) is 29.7 Å². The van der Waals surface area contributed by atoms with Gasteiger partial charge in [0.2, 0.25) is 0 Å². The number of methoxy groups -OCH3 is 2. The van der Waals surface area contributed by atoms with Gasteiger partial charge in [-0.2, -0.15) is 0 Å². The normalized spacial score (nSPS) is 10.0. The summed E-state index contributed by atoms with van der Waals surface area (Å²) in [5, 5.41) is 0. The molecule has 2 aromatic carbocycles. The first-order valence-electron chi connectivity index (χ1n) is 7.36. The number of aldehydes is 2. The lowest BCUT2D eigenvalue weighted by molar-refractivity contribution is 0.0590. The predicted octanol–water partition coefficient (Wildman–Crippen LogP) is 2.48. The van der Waals surface area contributed by atoms with Gasteiger partial charge in [-0.3, -0.25) is 9.59 Å². The van der Waals surface area contributed by atoms with Gasteiger partial charge in [0, 0.05) is 11.1 Å². The van der Waals surface area contributed by atoms with E-state index in [9.17, 15) is 19.2 Å². The van der Waals surface area contributed by atoms with Crippen LogP contribution in [-0.4, -0.2) is 38.7 Å². The van der Waals surface area contributed by atoms with Crippen LogP contribution in [0.2, 0.25) is 0 Å². The second kappa shape index (κ2) is 8.01. The fourth-order valence-corrected chi connectivity index (χ4v) is 2.44. The third kappa shape index (κ3) is 3.98. The number of esters is 2. The van der Waals surface area contributed by atoms with Gasteiger partial charge in [0.15, 0.2) is 12.6 Å². The van der Waals surface area contributed by atoms with Gasteiger partial charge >= 0.3 is 11.9 Å². The van der Waals surface area contributed by atoms with E-state index in [4.69, 9.17) is 0 Å². The van der Waals surface area contributed by atoms with Crippen LogP contribution in [0.15, 0.2) is 36.4 Å². The lowest BCUT2D eigenvalue weighted by Crippen LogP contribution is -2.08. The zero-order valence-corrected chi connectivity index (χ0v) is 13.8. The van der Waals surface area contributed by atoms with Crippen molar-refractivity contribution in [1.29, 1.82) is 0 Å². The summed E-state index contributed by atoms with van der Waals surface area (Å²) in [7, 11) is 2.48. The van der Waals surface area contributed by atoms with Crippen LogP contribution >= 0.6 is 0 Å². The van der Waals surface area contributed by atoms with E-state index < -0.39 is 11.9 Å². The molecule has 0 unspecified atom stereocenters. The van der Waals surface area contributed by atoms with E-state index in [0.717, 1.165) is 11.1 Å². The minimum Gasteiger partial charge on any atom is -0.465 e. The van der Waals surface area contributed by atoms with E-state index in [0.29, 0.717) is 19.0 Å². The maximum atomic E-state index is 11.8. The van der Waals surface area contributed by atoms with E-state index in [2.05, 4.69) is 9.47 Å². The van der Waals surface area contributed by atoms with Crippen LogP contribution in [0.1, 0.15) is 52.6 Å². The number of carbonyl (C=O) groups is 4. The SMILES string of the molecule is COC(=O)c1cc(Cc2ccc(C=O)c(C(=O)OC)c2)ccc1C=O. The van der Waals surface area contributed by atoms with Crippen LogP contribution in [-0.2, 0) is 15.9 Å². The molecule has 0 N–H and O–H groups in total. The van der Waals surface area contributed by atoms with Crippen molar-refractivity contribution < 1.29 is 28.7 Å². The molecule has 0 aliphatic carbocycles. The van der Waals surface area contributed by atoms with Gasteiger partial charge in [0.05, 0.1) is 25.3 Å². The van der Waals surface area contributed by atoms with E-state index in [1.165, 1.54) is 26.4 Å². The molecule has 2 aromatic rings. The Balaban J connectivity index is 2.39. The lowest BCUT2D eigenvalue weighted by atomic mass is 9.97. The van der Waals surface area contributed by atoms with Crippen molar-refractivity contribution in [3.05, 3.63) is 69.8 Å². The monoisotopic (exact) mass is 340 g/mol. The molecule has 0 fully saturated rings. The number of hydrogen-bond acceptors (Lipinski definition) is 6. The molecule has 0 atom stereocenters. The van der Waals surface area contributed by atoms with Crippen LogP contribution in [0.25, 0.3) is 0 Å². The van der Waals surface area contributed by atoms with Crippen LogP contribution in [0.4, 0.5) is 0 Å². The van der Waals surface area contributed by atoms with Crippen LogP contribution in [0, 0.1) is 0 Å². The summed E-state index contributed by atoms with van der Waals surface area (Å²) in [6.45, 7) is 0. The minimum absolute atomic E-state index is 0.174. The second-order valence-electron chi connectivity index (χ2n) is 5.24. The molecule has 0 heterocycles. The number of carbonyl (C=O) groups excluding carboxylic acids is 4. The molecule has 0 saturated carbocycles. The molecule has 0 aliphatic heterocycles. The molecule has 0 amide bonds. The Bertz CT molecular complexity index is 768. The van der Waals surface area contributed by atoms with Gasteiger partial charge in [0.1, 0.15) is 0 Å². The number of benzene rings is 2. The Morgan fingerprint density at radius 1 is 0.800 bits per heavy atom. The molecule has 0 saturated heterocycles. The third-order valence-corrected chi connectivity index (χ3v) is 3.71. The summed E-state index contributed by atoms with van der Waals surface area (Å²) >= 11 is 0. The van der Waals surface area contributed by atoms with Crippen molar-refractivity contribution >= 4 is 24.5 Å². The van der Waals surface area contributed by atoms with E-state index in [1.54, 1.807) is 24.3 Å². The molecule has 6 heteroatoms. The van der Waals surface area contributed by atoms with Gasteiger partial charge in [0.25, 0.3) is 0 Å². The van der Waals surface area contributed by atoms with E-state index >= 15 is 0 Å². The smallest absolute Gasteiger partial charge is 0.338 e. The van der Waals surface area contributed by atoms with Crippen molar-refractivity contribution in [2.75, 3.05) is 14.2 Å². The molecule has 0 bridgehead atoms. The number of rotatable bonds is 6.